The summed E-state index contributed by atoms with van der Waals surface area (Å²) in [7, 11) is 0. The SMILES string of the molecule is Cc1ccc2c(oc3ncccc32)c1N1C=CN(C(C)C)C1C. The molecule has 4 heteroatoms. The van der Waals surface area contributed by atoms with Crippen LogP contribution >= 0.6 is 0 Å². The molecule has 4 rings (SSSR count). The zero-order valence-electron chi connectivity index (χ0n) is 13.9. The molecule has 0 saturated carbocycles. The third-order valence-corrected chi connectivity index (χ3v) is 4.68. The lowest BCUT2D eigenvalue weighted by Crippen LogP contribution is -2.39. The van der Waals surface area contributed by atoms with E-state index in [2.05, 4.69) is 73.1 Å². The first-order chi connectivity index (χ1) is 11.1. The van der Waals surface area contributed by atoms with E-state index in [4.69, 9.17) is 4.42 Å². The zero-order valence-corrected chi connectivity index (χ0v) is 13.9. The molecule has 1 atom stereocenters. The van der Waals surface area contributed by atoms with Gasteiger partial charge >= 0.3 is 0 Å². The lowest BCUT2D eigenvalue weighted by atomic mass is 10.1. The van der Waals surface area contributed by atoms with Gasteiger partial charge in [0.05, 0.1) is 5.69 Å². The Balaban J connectivity index is 1.93. The summed E-state index contributed by atoms with van der Waals surface area (Å²) in [6.07, 6.45) is 6.35. The summed E-state index contributed by atoms with van der Waals surface area (Å²) in [5.41, 5.74) is 3.96. The van der Waals surface area contributed by atoms with Crippen molar-refractivity contribution < 1.29 is 4.42 Å². The van der Waals surface area contributed by atoms with Crippen molar-refractivity contribution in [3.05, 3.63) is 48.4 Å². The highest BCUT2D eigenvalue weighted by molar-refractivity contribution is 6.08. The van der Waals surface area contributed by atoms with Crippen molar-refractivity contribution in [1.29, 1.82) is 0 Å². The molecule has 0 bridgehead atoms. The first-order valence-electron chi connectivity index (χ1n) is 8.09. The summed E-state index contributed by atoms with van der Waals surface area (Å²) in [4.78, 5) is 9.00. The summed E-state index contributed by atoms with van der Waals surface area (Å²) in [6.45, 7) is 8.78. The summed E-state index contributed by atoms with van der Waals surface area (Å²) in [5.74, 6) is 0. The molecule has 23 heavy (non-hydrogen) atoms. The summed E-state index contributed by atoms with van der Waals surface area (Å²) in [6, 6.07) is 8.78. The number of hydrogen-bond acceptors (Lipinski definition) is 4. The Bertz CT molecular complexity index is 910. The van der Waals surface area contributed by atoms with Crippen molar-refractivity contribution in [3.63, 3.8) is 0 Å². The molecule has 0 amide bonds. The minimum atomic E-state index is 0.264. The van der Waals surface area contributed by atoms with Crippen LogP contribution in [0.2, 0.25) is 0 Å². The van der Waals surface area contributed by atoms with Crippen molar-refractivity contribution in [2.24, 2.45) is 0 Å². The molecule has 1 aliphatic heterocycles. The largest absolute Gasteiger partial charge is 0.435 e. The van der Waals surface area contributed by atoms with E-state index in [1.54, 1.807) is 6.20 Å². The molecule has 0 aliphatic carbocycles. The van der Waals surface area contributed by atoms with Crippen LogP contribution in [0.3, 0.4) is 0 Å². The Morgan fingerprint density at radius 2 is 1.96 bits per heavy atom. The van der Waals surface area contributed by atoms with Crippen LogP contribution in [-0.2, 0) is 0 Å². The maximum absolute atomic E-state index is 6.12. The van der Waals surface area contributed by atoms with Gasteiger partial charge in [0.15, 0.2) is 5.58 Å². The van der Waals surface area contributed by atoms with Gasteiger partial charge in [-0.1, -0.05) is 12.1 Å². The number of anilines is 1. The number of benzene rings is 1. The first kappa shape index (κ1) is 14.1. The number of pyridine rings is 1. The molecule has 118 valence electrons. The normalized spacial score (nSPS) is 18.0. The van der Waals surface area contributed by atoms with E-state index in [0.717, 1.165) is 22.0 Å². The topological polar surface area (TPSA) is 32.5 Å². The lowest BCUT2D eigenvalue weighted by Gasteiger charge is -2.33. The summed E-state index contributed by atoms with van der Waals surface area (Å²) in [5, 5.41) is 2.19. The second-order valence-corrected chi connectivity index (χ2v) is 6.44. The van der Waals surface area contributed by atoms with Gasteiger partial charge in [-0.05, 0) is 45.4 Å². The maximum atomic E-state index is 6.12. The highest BCUT2D eigenvalue weighted by Crippen LogP contribution is 2.39. The fourth-order valence-electron chi connectivity index (χ4n) is 3.49. The summed E-state index contributed by atoms with van der Waals surface area (Å²) >= 11 is 0. The molecule has 0 radical (unpaired) electrons. The van der Waals surface area contributed by atoms with Crippen LogP contribution in [0, 0.1) is 6.92 Å². The lowest BCUT2D eigenvalue weighted by molar-refractivity contribution is 0.263. The van der Waals surface area contributed by atoms with E-state index in [-0.39, 0.29) is 6.17 Å². The second kappa shape index (κ2) is 5.01. The molecule has 1 aromatic carbocycles. The van der Waals surface area contributed by atoms with E-state index in [9.17, 15) is 0 Å². The molecule has 1 aliphatic rings. The Morgan fingerprint density at radius 1 is 1.13 bits per heavy atom. The number of aryl methyl sites for hydroxylation is 1. The zero-order chi connectivity index (χ0) is 16.1. The van der Waals surface area contributed by atoms with E-state index in [1.165, 1.54) is 5.56 Å². The smallest absolute Gasteiger partial charge is 0.227 e. The van der Waals surface area contributed by atoms with Gasteiger partial charge in [0.1, 0.15) is 6.17 Å². The monoisotopic (exact) mass is 307 g/mol. The van der Waals surface area contributed by atoms with E-state index >= 15 is 0 Å². The molecule has 1 unspecified atom stereocenters. The van der Waals surface area contributed by atoms with Crippen LogP contribution in [0.1, 0.15) is 26.3 Å². The average molecular weight is 307 g/mol. The van der Waals surface area contributed by atoms with Crippen LogP contribution < -0.4 is 4.90 Å². The molecule has 3 heterocycles. The van der Waals surface area contributed by atoms with Crippen LogP contribution in [0.4, 0.5) is 5.69 Å². The average Bonchev–Trinajstić information content (AvgIpc) is 3.08. The van der Waals surface area contributed by atoms with Gasteiger partial charge in [-0.15, -0.1) is 0 Å². The van der Waals surface area contributed by atoms with Crippen LogP contribution in [0.15, 0.2) is 47.3 Å². The number of aromatic nitrogens is 1. The number of nitrogens with zero attached hydrogens (tertiary/aromatic N) is 3. The number of fused-ring (bicyclic) bond motifs is 3. The molecule has 0 spiro atoms. The second-order valence-electron chi connectivity index (χ2n) is 6.44. The Morgan fingerprint density at radius 3 is 2.70 bits per heavy atom. The number of furan rings is 1. The molecule has 0 N–H and O–H groups in total. The van der Waals surface area contributed by atoms with Crippen molar-refractivity contribution in [3.8, 4) is 0 Å². The van der Waals surface area contributed by atoms with Crippen LogP contribution in [0.25, 0.3) is 22.1 Å². The Hall–Kier alpha value is -2.49. The van der Waals surface area contributed by atoms with E-state index < -0.39 is 0 Å². The fourth-order valence-corrected chi connectivity index (χ4v) is 3.49. The molecule has 4 nitrogen and oxygen atoms in total. The molecular formula is C19H21N3O. The first-order valence-corrected chi connectivity index (χ1v) is 8.09. The Kier molecular flexibility index (Phi) is 3.08. The standard InChI is InChI=1S/C19H21N3O/c1-12(2)21-10-11-22(14(21)4)17-13(3)7-8-15-16-6-5-9-20-19(16)23-18(15)17/h5-12,14H,1-4H3. The van der Waals surface area contributed by atoms with E-state index in [1.807, 2.05) is 6.07 Å². The van der Waals surface area contributed by atoms with Gasteiger partial charge in [0.25, 0.3) is 0 Å². The van der Waals surface area contributed by atoms with Crippen molar-refractivity contribution in [1.82, 2.24) is 9.88 Å². The highest BCUT2D eigenvalue weighted by Gasteiger charge is 2.28. The van der Waals surface area contributed by atoms with Gasteiger partial charge in [0, 0.05) is 35.4 Å². The quantitative estimate of drug-likeness (QED) is 0.690. The molecule has 3 aromatic rings. The Labute approximate surface area is 136 Å². The minimum Gasteiger partial charge on any atom is -0.435 e. The third kappa shape index (κ3) is 2.01. The predicted molar refractivity (Wildman–Crippen MR) is 94.3 cm³/mol. The molecule has 2 aromatic heterocycles. The molecule has 0 saturated heterocycles. The van der Waals surface area contributed by atoms with Crippen molar-refractivity contribution in [2.75, 3.05) is 4.90 Å². The minimum absolute atomic E-state index is 0.264. The van der Waals surface area contributed by atoms with Gasteiger partial charge < -0.3 is 14.2 Å². The number of rotatable bonds is 2. The van der Waals surface area contributed by atoms with E-state index in [0.29, 0.717) is 11.8 Å². The third-order valence-electron chi connectivity index (χ3n) is 4.68. The van der Waals surface area contributed by atoms with Gasteiger partial charge in [0.2, 0.25) is 5.71 Å². The molecule has 0 fully saturated rings. The molecular weight excluding hydrogens is 286 g/mol. The fraction of sp³-hybridized carbons (Fsp3) is 0.316. The van der Waals surface area contributed by atoms with Crippen LogP contribution in [-0.4, -0.2) is 22.1 Å². The van der Waals surface area contributed by atoms with Crippen molar-refractivity contribution in [2.45, 2.75) is 39.9 Å². The van der Waals surface area contributed by atoms with Gasteiger partial charge in [-0.2, -0.15) is 0 Å². The van der Waals surface area contributed by atoms with Gasteiger partial charge in [-0.25, -0.2) is 4.98 Å². The predicted octanol–water partition coefficient (Wildman–Crippen LogP) is 4.64. The number of hydrogen-bond donors (Lipinski definition) is 0. The van der Waals surface area contributed by atoms with Crippen LogP contribution in [0.5, 0.6) is 0 Å². The summed E-state index contributed by atoms with van der Waals surface area (Å²) < 4.78 is 6.12. The van der Waals surface area contributed by atoms with Gasteiger partial charge in [-0.3, -0.25) is 0 Å². The van der Waals surface area contributed by atoms with Crippen molar-refractivity contribution >= 4 is 27.8 Å². The maximum Gasteiger partial charge on any atom is 0.227 e. The highest BCUT2D eigenvalue weighted by atomic mass is 16.3.